The summed E-state index contributed by atoms with van der Waals surface area (Å²) in [6, 6.07) is 0.355. The second-order valence-corrected chi connectivity index (χ2v) is 13.6. The van der Waals surface area contributed by atoms with E-state index in [1.165, 1.54) is 13.0 Å². The van der Waals surface area contributed by atoms with Crippen molar-refractivity contribution in [3.63, 3.8) is 0 Å². The van der Waals surface area contributed by atoms with Crippen LogP contribution in [0.3, 0.4) is 0 Å². The summed E-state index contributed by atoms with van der Waals surface area (Å²) in [4.78, 5) is 9.09. The quantitative estimate of drug-likeness (QED) is 0.157. The molecule has 5 nitrogen and oxygen atoms in total. The van der Waals surface area contributed by atoms with E-state index in [2.05, 4.69) is 42.8 Å². The number of hydrogen-bond acceptors (Lipinski definition) is 5. The first kappa shape index (κ1) is 37.9. The largest absolute Gasteiger partial charge is 0.476 e. The first-order valence-corrected chi connectivity index (χ1v) is 17.1. The van der Waals surface area contributed by atoms with Crippen LogP contribution in [0.15, 0.2) is 73.6 Å². The van der Waals surface area contributed by atoms with Gasteiger partial charge in [-0.05, 0) is 89.1 Å². The van der Waals surface area contributed by atoms with Crippen LogP contribution in [0.1, 0.15) is 87.0 Å². The third kappa shape index (κ3) is 9.09. The SMILES string of the molecule is CC/C=C(/N=C1/C(F)=C(C2=C(C(F)(F)F)C(C)=CCN2)C(Cl)=C/C1=C(/C)N(C)C(CCC(C)CC)C(C)C)OCC1CCCN1C. The van der Waals surface area contributed by atoms with Crippen molar-refractivity contribution in [2.45, 2.75) is 105 Å². The molecule has 46 heavy (non-hydrogen) atoms. The lowest BCUT2D eigenvalue weighted by Crippen LogP contribution is -2.36. The van der Waals surface area contributed by atoms with E-state index in [-0.39, 0.29) is 52.1 Å². The molecular weight excluding hydrogens is 616 g/mol. The monoisotopic (exact) mass is 668 g/mol. The molecule has 0 saturated carbocycles. The summed E-state index contributed by atoms with van der Waals surface area (Å²) in [7, 11) is 4.03. The van der Waals surface area contributed by atoms with E-state index in [0.29, 0.717) is 30.4 Å². The predicted molar refractivity (Wildman–Crippen MR) is 182 cm³/mol. The highest BCUT2D eigenvalue weighted by Gasteiger charge is 2.42. The van der Waals surface area contributed by atoms with Crippen molar-refractivity contribution in [3.05, 3.63) is 68.7 Å². The first-order valence-electron chi connectivity index (χ1n) is 16.7. The standard InChI is InChI=1S/C36H53ClF4N4O/c1-10-13-30(46-21-26-14-12-19-44(26)8)43-34-27(25(7)45(9)29(22(3)4)16-15-23(5)11-2)20-28(37)31(33(34)38)35-32(36(39,40)41)24(6)17-18-42-35/h13,17,20,22-23,26,29,42H,10-12,14-16,18-19,21H2,1-9H3/b27-25+,30-13-,43-34+. The number of hydrogen-bond donors (Lipinski definition) is 1. The number of likely N-dealkylation sites (tertiary alicyclic amines) is 1. The van der Waals surface area contributed by atoms with Crippen molar-refractivity contribution in [2.24, 2.45) is 16.8 Å². The lowest BCUT2D eigenvalue weighted by molar-refractivity contribution is -0.0905. The summed E-state index contributed by atoms with van der Waals surface area (Å²) in [5, 5.41) is 2.65. The van der Waals surface area contributed by atoms with Gasteiger partial charge in [0.2, 0.25) is 5.88 Å². The zero-order chi connectivity index (χ0) is 34.3. The van der Waals surface area contributed by atoms with Gasteiger partial charge in [-0.25, -0.2) is 9.38 Å². The van der Waals surface area contributed by atoms with Crippen LogP contribution in [-0.2, 0) is 4.74 Å². The molecular formula is C36H53ClF4N4O. The van der Waals surface area contributed by atoms with Gasteiger partial charge < -0.3 is 19.9 Å². The van der Waals surface area contributed by atoms with Crippen molar-refractivity contribution < 1.29 is 22.3 Å². The topological polar surface area (TPSA) is 40.1 Å². The van der Waals surface area contributed by atoms with Crippen LogP contribution in [0.5, 0.6) is 0 Å². The number of nitrogens with one attached hydrogen (secondary N) is 1. The molecule has 0 spiro atoms. The summed E-state index contributed by atoms with van der Waals surface area (Å²) in [6.07, 6.45) is 5.76. The number of alkyl halides is 3. The molecule has 10 heteroatoms. The van der Waals surface area contributed by atoms with Crippen molar-refractivity contribution in [2.75, 3.05) is 33.8 Å². The minimum Gasteiger partial charge on any atom is -0.476 e. The summed E-state index contributed by atoms with van der Waals surface area (Å²) < 4.78 is 66.2. The maximum atomic E-state index is 17.0. The third-order valence-electron chi connectivity index (χ3n) is 9.59. The van der Waals surface area contributed by atoms with Crippen LogP contribution < -0.4 is 5.32 Å². The molecule has 0 bridgehead atoms. The zero-order valence-corrected chi connectivity index (χ0v) is 29.8. The third-order valence-corrected chi connectivity index (χ3v) is 9.89. The average Bonchev–Trinajstić information content (AvgIpc) is 3.40. The second-order valence-electron chi connectivity index (χ2n) is 13.2. The van der Waals surface area contributed by atoms with Gasteiger partial charge in [0.15, 0.2) is 5.83 Å². The van der Waals surface area contributed by atoms with E-state index in [1.807, 2.05) is 27.9 Å². The van der Waals surface area contributed by atoms with Crippen molar-refractivity contribution in [3.8, 4) is 0 Å². The zero-order valence-electron chi connectivity index (χ0n) is 29.0. The Hall–Kier alpha value is -2.52. The molecule has 1 N–H and O–H groups in total. The van der Waals surface area contributed by atoms with Crippen LogP contribution >= 0.6 is 11.6 Å². The van der Waals surface area contributed by atoms with E-state index in [1.54, 1.807) is 12.2 Å². The highest BCUT2D eigenvalue weighted by Crippen LogP contribution is 2.43. The Morgan fingerprint density at radius 1 is 1.24 bits per heavy atom. The molecule has 1 saturated heterocycles. The molecule has 0 aromatic carbocycles. The molecule has 3 aliphatic rings. The minimum atomic E-state index is -4.72. The van der Waals surface area contributed by atoms with Gasteiger partial charge in [-0.2, -0.15) is 13.2 Å². The maximum absolute atomic E-state index is 17.0. The number of rotatable bonds is 13. The lowest BCUT2D eigenvalue weighted by Gasteiger charge is -2.36. The lowest BCUT2D eigenvalue weighted by atomic mass is 9.89. The van der Waals surface area contributed by atoms with Gasteiger partial charge in [0.1, 0.15) is 12.3 Å². The van der Waals surface area contributed by atoms with E-state index in [4.69, 9.17) is 21.3 Å². The molecule has 3 unspecified atom stereocenters. The number of ether oxygens (including phenoxy) is 1. The Kier molecular flexibility index (Phi) is 13.6. The summed E-state index contributed by atoms with van der Waals surface area (Å²) in [5.74, 6) is 0.188. The van der Waals surface area contributed by atoms with Gasteiger partial charge in [-0.1, -0.05) is 58.7 Å². The summed E-state index contributed by atoms with van der Waals surface area (Å²) >= 11 is 6.75. The smallest absolute Gasteiger partial charge is 0.418 e. The van der Waals surface area contributed by atoms with Gasteiger partial charge in [0.05, 0.1) is 21.9 Å². The van der Waals surface area contributed by atoms with Crippen molar-refractivity contribution in [1.29, 1.82) is 0 Å². The predicted octanol–water partition coefficient (Wildman–Crippen LogP) is 9.57. The van der Waals surface area contributed by atoms with E-state index in [0.717, 1.165) is 44.3 Å². The van der Waals surface area contributed by atoms with Crippen LogP contribution in [0, 0.1) is 11.8 Å². The maximum Gasteiger partial charge on any atom is 0.418 e. The fourth-order valence-corrected chi connectivity index (χ4v) is 6.65. The fourth-order valence-electron chi connectivity index (χ4n) is 6.36. The molecule has 258 valence electrons. The molecule has 1 fully saturated rings. The average molecular weight is 669 g/mol. The Labute approximate surface area is 278 Å². The Balaban J connectivity index is 2.23. The first-order chi connectivity index (χ1) is 21.6. The molecule has 0 aromatic heterocycles. The summed E-state index contributed by atoms with van der Waals surface area (Å²) in [6.45, 7) is 15.4. The number of aliphatic imine (C=N–C) groups is 1. The van der Waals surface area contributed by atoms with Gasteiger partial charge in [-0.3, -0.25) is 0 Å². The number of halogens is 5. The number of allylic oxidation sites excluding steroid dienone is 8. The summed E-state index contributed by atoms with van der Waals surface area (Å²) in [5.41, 5.74) is -0.586. The number of likely N-dealkylation sites (N-methyl/N-ethyl adjacent to an activating group) is 1. The number of dihydropyridines is 1. The molecule has 3 atom stereocenters. The Morgan fingerprint density at radius 3 is 2.50 bits per heavy atom. The van der Waals surface area contributed by atoms with Gasteiger partial charge in [0.25, 0.3) is 0 Å². The molecule has 1 aliphatic carbocycles. The molecule has 0 radical (unpaired) electrons. The van der Waals surface area contributed by atoms with Gasteiger partial charge in [0, 0.05) is 36.9 Å². The molecule has 2 aliphatic heterocycles. The molecule has 2 heterocycles. The Morgan fingerprint density at radius 2 is 1.93 bits per heavy atom. The van der Waals surface area contributed by atoms with Crippen LogP contribution in [-0.4, -0.2) is 67.6 Å². The normalized spacial score (nSPS) is 23.5. The van der Waals surface area contributed by atoms with Crippen molar-refractivity contribution in [1.82, 2.24) is 15.1 Å². The van der Waals surface area contributed by atoms with E-state index in [9.17, 15) is 13.2 Å². The van der Waals surface area contributed by atoms with Gasteiger partial charge >= 0.3 is 6.18 Å². The minimum absolute atomic E-state index is 0.0124. The molecule has 0 aromatic rings. The fraction of sp³-hybridized carbons (Fsp3) is 0.639. The van der Waals surface area contributed by atoms with Crippen LogP contribution in [0.2, 0.25) is 0 Å². The van der Waals surface area contributed by atoms with E-state index < -0.39 is 17.6 Å². The highest BCUT2D eigenvalue weighted by atomic mass is 35.5. The highest BCUT2D eigenvalue weighted by molar-refractivity contribution is 6.35. The van der Waals surface area contributed by atoms with Crippen LogP contribution in [0.25, 0.3) is 0 Å². The van der Waals surface area contributed by atoms with E-state index >= 15 is 4.39 Å². The van der Waals surface area contributed by atoms with Gasteiger partial charge in [-0.15, -0.1) is 0 Å². The Bertz CT molecular complexity index is 1320. The molecule has 0 amide bonds. The second kappa shape index (κ2) is 16.5. The van der Waals surface area contributed by atoms with Crippen LogP contribution in [0.4, 0.5) is 17.6 Å². The van der Waals surface area contributed by atoms with Crippen molar-refractivity contribution >= 4 is 17.3 Å². The number of nitrogens with zero attached hydrogens (tertiary/aromatic N) is 3. The molecule has 3 rings (SSSR count).